The van der Waals surface area contributed by atoms with Crippen LogP contribution in [0.15, 0.2) is 53.7 Å². The first kappa shape index (κ1) is 19.0. The Morgan fingerprint density at radius 1 is 0.880 bits per heavy atom. The molecular weight excluding hydrogens is 310 g/mol. The van der Waals surface area contributed by atoms with Crippen LogP contribution in [-0.2, 0) is 6.42 Å². The van der Waals surface area contributed by atoms with Crippen LogP contribution >= 0.6 is 0 Å². The van der Waals surface area contributed by atoms with Gasteiger partial charge < -0.3 is 10.3 Å². The van der Waals surface area contributed by atoms with Crippen molar-refractivity contribution in [2.24, 2.45) is 5.16 Å². The first-order chi connectivity index (χ1) is 12.3. The molecular formula is C22H29NO2. The minimum atomic E-state index is 0.164. The summed E-state index contributed by atoms with van der Waals surface area (Å²) in [6.07, 6.45) is 9.93. The van der Waals surface area contributed by atoms with Crippen molar-refractivity contribution in [1.29, 1.82) is 0 Å². The largest absolute Gasteiger partial charge is 0.507 e. The fourth-order valence-electron chi connectivity index (χ4n) is 3.08. The number of unbranched alkanes of at least 4 members (excludes halogenated alkanes) is 6. The fourth-order valence-corrected chi connectivity index (χ4v) is 3.08. The van der Waals surface area contributed by atoms with E-state index in [1.807, 2.05) is 42.5 Å². The van der Waals surface area contributed by atoms with Gasteiger partial charge in [-0.25, -0.2) is 0 Å². The predicted molar refractivity (Wildman–Crippen MR) is 104 cm³/mol. The SMILES string of the molecule is CCCCCCCCCc1ccc(C(=NO)c2ccccc2)c(O)c1. The quantitative estimate of drug-likeness (QED) is 0.245. The number of aromatic hydroxyl groups is 1. The number of rotatable bonds is 10. The van der Waals surface area contributed by atoms with Crippen LogP contribution in [0.25, 0.3) is 0 Å². The normalized spacial score (nSPS) is 11.6. The van der Waals surface area contributed by atoms with Gasteiger partial charge in [0.05, 0.1) is 0 Å². The summed E-state index contributed by atoms with van der Waals surface area (Å²) in [5, 5.41) is 23.1. The van der Waals surface area contributed by atoms with Crippen molar-refractivity contribution in [1.82, 2.24) is 0 Å². The molecule has 2 N–H and O–H groups in total. The average Bonchev–Trinajstić information content (AvgIpc) is 2.64. The number of hydrogen-bond donors (Lipinski definition) is 2. The lowest BCUT2D eigenvalue weighted by atomic mass is 9.98. The zero-order valence-corrected chi connectivity index (χ0v) is 15.1. The molecule has 25 heavy (non-hydrogen) atoms. The molecule has 0 spiro atoms. The van der Waals surface area contributed by atoms with Gasteiger partial charge in [-0.05, 0) is 30.5 Å². The van der Waals surface area contributed by atoms with Crippen LogP contribution in [0.5, 0.6) is 5.75 Å². The number of phenolic OH excluding ortho intramolecular Hbond substituents is 1. The van der Waals surface area contributed by atoms with Gasteiger partial charge in [0, 0.05) is 11.1 Å². The summed E-state index contributed by atoms with van der Waals surface area (Å²) in [6.45, 7) is 2.24. The van der Waals surface area contributed by atoms with E-state index < -0.39 is 0 Å². The van der Waals surface area contributed by atoms with Crippen LogP contribution in [0, 0.1) is 0 Å². The summed E-state index contributed by atoms with van der Waals surface area (Å²) in [5.74, 6) is 0.164. The second kappa shape index (κ2) is 10.5. The lowest BCUT2D eigenvalue weighted by molar-refractivity contribution is 0.319. The van der Waals surface area contributed by atoms with E-state index in [2.05, 4.69) is 12.1 Å². The van der Waals surface area contributed by atoms with Gasteiger partial charge in [0.15, 0.2) is 0 Å². The van der Waals surface area contributed by atoms with Crippen molar-refractivity contribution in [2.45, 2.75) is 58.3 Å². The van der Waals surface area contributed by atoms with E-state index in [9.17, 15) is 10.3 Å². The van der Waals surface area contributed by atoms with Gasteiger partial charge in [0.25, 0.3) is 0 Å². The highest BCUT2D eigenvalue weighted by Crippen LogP contribution is 2.24. The van der Waals surface area contributed by atoms with Crippen molar-refractivity contribution >= 4 is 5.71 Å². The van der Waals surface area contributed by atoms with Crippen molar-refractivity contribution in [3.63, 3.8) is 0 Å². The van der Waals surface area contributed by atoms with E-state index in [0.29, 0.717) is 11.3 Å². The number of benzene rings is 2. The molecule has 0 bridgehead atoms. The van der Waals surface area contributed by atoms with Crippen LogP contribution < -0.4 is 0 Å². The topological polar surface area (TPSA) is 52.8 Å². The van der Waals surface area contributed by atoms with Crippen LogP contribution in [0.3, 0.4) is 0 Å². The van der Waals surface area contributed by atoms with Gasteiger partial charge in [-0.3, -0.25) is 0 Å². The van der Waals surface area contributed by atoms with E-state index in [1.54, 1.807) is 6.07 Å². The Bertz CT molecular complexity index is 665. The molecule has 0 aliphatic heterocycles. The molecule has 0 aromatic heterocycles. The lowest BCUT2D eigenvalue weighted by Crippen LogP contribution is -2.04. The average molecular weight is 339 g/mol. The molecule has 2 aromatic rings. The Morgan fingerprint density at radius 3 is 2.20 bits per heavy atom. The molecule has 0 amide bonds. The molecule has 0 saturated carbocycles. The van der Waals surface area contributed by atoms with Crippen LogP contribution in [-0.4, -0.2) is 16.0 Å². The maximum Gasteiger partial charge on any atom is 0.125 e. The summed E-state index contributed by atoms with van der Waals surface area (Å²) in [6, 6.07) is 15.0. The van der Waals surface area contributed by atoms with Gasteiger partial charge in [-0.1, -0.05) is 87.0 Å². The fraction of sp³-hybridized carbons (Fsp3) is 0.409. The standard InChI is InChI=1S/C22H29NO2/c1-2-3-4-5-6-7-9-12-18-15-16-20(21(24)17-18)22(23-25)19-13-10-8-11-14-19/h8,10-11,13-17,24-25H,2-7,9,12H2,1H3. The number of oxime groups is 1. The highest BCUT2D eigenvalue weighted by Gasteiger charge is 2.12. The maximum absolute atomic E-state index is 10.4. The maximum atomic E-state index is 10.4. The van der Waals surface area contributed by atoms with E-state index in [4.69, 9.17) is 0 Å². The first-order valence-electron chi connectivity index (χ1n) is 9.36. The van der Waals surface area contributed by atoms with Gasteiger partial charge in [-0.15, -0.1) is 0 Å². The minimum Gasteiger partial charge on any atom is -0.507 e. The monoisotopic (exact) mass is 339 g/mol. The molecule has 134 valence electrons. The summed E-state index contributed by atoms with van der Waals surface area (Å²) in [4.78, 5) is 0. The Balaban J connectivity index is 1.92. The van der Waals surface area contributed by atoms with E-state index in [1.165, 1.54) is 38.5 Å². The van der Waals surface area contributed by atoms with Crippen molar-refractivity contribution in [3.05, 3.63) is 65.2 Å². The molecule has 0 atom stereocenters. The second-order valence-corrected chi connectivity index (χ2v) is 6.54. The minimum absolute atomic E-state index is 0.164. The highest BCUT2D eigenvalue weighted by atomic mass is 16.4. The molecule has 2 aromatic carbocycles. The first-order valence-corrected chi connectivity index (χ1v) is 9.36. The molecule has 3 heteroatoms. The Morgan fingerprint density at radius 2 is 1.56 bits per heavy atom. The van der Waals surface area contributed by atoms with E-state index >= 15 is 0 Å². The molecule has 3 nitrogen and oxygen atoms in total. The molecule has 0 fully saturated rings. The molecule has 0 radical (unpaired) electrons. The number of phenols is 1. The van der Waals surface area contributed by atoms with E-state index in [-0.39, 0.29) is 5.75 Å². The third-order valence-electron chi connectivity index (χ3n) is 4.53. The van der Waals surface area contributed by atoms with Gasteiger partial charge in [0.1, 0.15) is 11.5 Å². The third-order valence-corrected chi connectivity index (χ3v) is 4.53. The second-order valence-electron chi connectivity index (χ2n) is 6.54. The smallest absolute Gasteiger partial charge is 0.125 e. The summed E-state index contributed by atoms with van der Waals surface area (Å²) < 4.78 is 0. The molecule has 0 aliphatic rings. The van der Waals surface area contributed by atoms with Crippen LogP contribution in [0.2, 0.25) is 0 Å². The zero-order chi connectivity index (χ0) is 17.9. The predicted octanol–water partition coefficient (Wildman–Crippen LogP) is 5.91. The highest BCUT2D eigenvalue weighted by molar-refractivity contribution is 6.14. The molecule has 0 saturated heterocycles. The molecule has 0 unspecified atom stereocenters. The van der Waals surface area contributed by atoms with Crippen molar-refractivity contribution in [2.75, 3.05) is 0 Å². The Labute approximate surface area is 151 Å². The summed E-state index contributed by atoms with van der Waals surface area (Å²) in [7, 11) is 0. The third kappa shape index (κ3) is 5.93. The summed E-state index contributed by atoms with van der Waals surface area (Å²) >= 11 is 0. The zero-order valence-electron chi connectivity index (χ0n) is 15.1. The van der Waals surface area contributed by atoms with Crippen LogP contribution in [0.1, 0.15) is 68.6 Å². The molecule has 2 rings (SSSR count). The molecule has 0 aliphatic carbocycles. The molecule has 0 heterocycles. The van der Waals surface area contributed by atoms with Crippen molar-refractivity contribution < 1.29 is 10.3 Å². The number of hydrogen-bond acceptors (Lipinski definition) is 3. The van der Waals surface area contributed by atoms with Crippen LogP contribution in [0.4, 0.5) is 0 Å². The van der Waals surface area contributed by atoms with Gasteiger partial charge >= 0.3 is 0 Å². The Kier molecular flexibility index (Phi) is 8.03. The number of aryl methyl sites for hydroxylation is 1. The summed E-state index contributed by atoms with van der Waals surface area (Å²) in [5.41, 5.74) is 2.85. The number of nitrogens with zero attached hydrogens (tertiary/aromatic N) is 1. The van der Waals surface area contributed by atoms with E-state index in [0.717, 1.165) is 24.0 Å². The van der Waals surface area contributed by atoms with Crippen molar-refractivity contribution in [3.8, 4) is 5.75 Å². The Hall–Kier alpha value is -2.29. The van der Waals surface area contributed by atoms with Gasteiger partial charge in [-0.2, -0.15) is 0 Å². The van der Waals surface area contributed by atoms with Gasteiger partial charge in [0.2, 0.25) is 0 Å². The lowest BCUT2D eigenvalue weighted by Gasteiger charge is -2.09.